The first kappa shape index (κ1) is 16.5. The molecule has 4 heteroatoms. The first-order chi connectivity index (χ1) is 10.1. The second kappa shape index (κ2) is 7.92. The van der Waals surface area contributed by atoms with Crippen LogP contribution in [0.25, 0.3) is 0 Å². The maximum atomic E-state index is 13.7. The zero-order valence-electron chi connectivity index (χ0n) is 11.9. The van der Waals surface area contributed by atoms with Gasteiger partial charge in [0.2, 0.25) is 0 Å². The summed E-state index contributed by atoms with van der Waals surface area (Å²) >= 11 is 9.25. The van der Waals surface area contributed by atoms with Crippen molar-refractivity contribution in [3.8, 4) is 0 Å². The van der Waals surface area contributed by atoms with E-state index < -0.39 is 0 Å². The van der Waals surface area contributed by atoms with Crippen LogP contribution in [0.5, 0.6) is 0 Å². The number of hydrogen-bond donors (Lipinski definition) is 1. The minimum atomic E-state index is -0.369. The Morgan fingerprint density at radius 1 is 1.24 bits per heavy atom. The van der Waals surface area contributed by atoms with Gasteiger partial charge in [-0.05, 0) is 54.8 Å². The lowest BCUT2D eigenvalue weighted by atomic mass is 9.98. The van der Waals surface area contributed by atoms with Crippen LogP contribution in [-0.4, -0.2) is 6.54 Å². The molecule has 0 radical (unpaired) electrons. The zero-order chi connectivity index (χ0) is 15.2. The number of benzene rings is 2. The molecule has 1 N–H and O–H groups in total. The predicted molar refractivity (Wildman–Crippen MR) is 90.3 cm³/mol. The fraction of sp³-hybridized carbons (Fsp3) is 0.294. The van der Waals surface area contributed by atoms with E-state index in [4.69, 9.17) is 11.6 Å². The summed E-state index contributed by atoms with van der Waals surface area (Å²) in [6.07, 6.45) is 1.84. The van der Waals surface area contributed by atoms with Gasteiger partial charge in [-0.1, -0.05) is 52.7 Å². The molecule has 0 aliphatic heterocycles. The molecular weight excluding hydrogens is 353 g/mol. The van der Waals surface area contributed by atoms with E-state index in [1.165, 1.54) is 11.6 Å². The third kappa shape index (κ3) is 4.80. The summed E-state index contributed by atoms with van der Waals surface area (Å²) in [6.45, 7) is 3.01. The van der Waals surface area contributed by atoms with E-state index in [-0.39, 0.29) is 16.9 Å². The van der Waals surface area contributed by atoms with Gasteiger partial charge in [0.1, 0.15) is 5.82 Å². The van der Waals surface area contributed by atoms with Crippen molar-refractivity contribution in [1.29, 1.82) is 0 Å². The highest BCUT2D eigenvalue weighted by Crippen LogP contribution is 2.24. The van der Waals surface area contributed by atoms with Crippen LogP contribution in [0.4, 0.5) is 4.39 Å². The molecule has 0 aliphatic carbocycles. The van der Waals surface area contributed by atoms with Gasteiger partial charge < -0.3 is 5.32 Å². The molecule has 0 heterocycles. The van der Waals surface area contributed by atoms with Crippen LogP contribution < -0.4 is 5.32 Å². The molecule has 0 bridgehead atoms. The molecule has 112 valence electrons. The molecule has 0 fully saturated rings. The lowest BCUT2D eigenvalue weighted by Crippen LogP contribution is -2.24. The van der Waals surface area contributed by atoms with Crippen molar-refractivity contribution in [2.24, 2.45) is 0 Å². The van der Waals surface area contributed by atoms with Crippen molar-refractivity contribution >= 4 is 27.5 Å². The van der Waals surface area contributed by atoms with Crippen molar-refractivity contribution < 1.29 is 4.39 Å². The molecular formula is C17H18BrClFN. The van der Waals surface area contributed by atoms with Gasteiger partial charge >= 0.3 is 0 Å². The van der Waals surface area contributed by atoms with Gasteiger partial charge in [0, 0.05) is 10.5 Å². The van der Waals surface area contributed by atoms with Crippen molar-refractivity contribution in [1.82, 2.24) is 5.32 Å². The normalized spacial score (nSPS) is 12.4. The molecule has 0 aliphatic rings. The number of rotatable bonds is 6. The second-order valence-corrected chi connectivity index (χ2v) is 6.34. The van der Waals surface area contributed by atoms with Gasteiger partial charge in [0.05, 0.1) is 5.02 Å². The van der Waals surface area contributed by atoms with E-state index in [1.54, 1.807) is 6.07 Å². The van der Waals surface area contributed by atoms with Gasteiger partial charge in [0.25, 0.3) is 0 Å². The van der Waals surface area contributed by atoms with E-state index in [2.05, 4.69) is 40.3 Å². The van der Waals surface area contributed by atoms with Gasteiger partial charge in [0.15, 0.2) is 0 Å². The minimum absolute atomic E-state index is 0.0750. The summed E-state index contributed by atoms with van der Waals surface area (Å²) in [6, 6.07) is 13.3. The molecule has 2 rings (SSSR count). The Labute approximate surface area is 138 Å². The lowest BCUT2D eigenvalue weighted by molar-refractivity contribution is 0.524. The first-order valence-corrected chi connectivity index (χ1v) is 8.20. The quantitative estimate of drug-likeness (QED) is 0.705. The summed E-state index contributed by atoms with van der Waals surface area (Å²) in [5, 5.41) is 3.64. The molecule has 0 aromatic heterocycles. The lowest BCUT2D eigenvalue weighted by Gasteiger charge is -2.19. The molecule has 1 atom stereocenters. The molecule has 0 saturated carbocycles. The molecule has 21 heavy (non-hydrogen) atoms. The Balaban J connectivity index is 2.22. The van der Waals surface area contributed by atoms with Crippen molar-refractivity contribution in [2.45, 2.75) is 25.8 Å². The van der Waals surface area contributed by atoms with Crippen LogP contribution in [0, 0.1) is 5.82 Å². The second-order valence-electron chi connectivity index (χ2n) is 5.01. The molecule has 1 unspecified atom stereocenters. The summed E-state index contributed by atoms with van der Waals surface area (Å²) < 4.78 is 14.7. The highest BCUT2D eigenvalue weighted by atomic mass is 79.9. The summed E-state index contributed by atoms with van der Waals surface area (Å²) in [7, 11) is 0. The van der Waals surface area contributed by atoms with Crippen LogP contribution in [0.3, 0.4) is 0 Å². The Hall–Kier alpha value is -0.900. The Morgan fingerprint density at radius 2 is 2.05 bits per heavy atom. The highest BCUT2D eigenvalue weighted by molar-refractivity contribution is 9.10. The van der Waals surface area contributed by atoms with Crippen LogP contribution in [0.1, 0.15) is 30.5 Å². The van der Waals surface area contributed by atoms with Gasteiger partial charge in [-0.2, -0.15) is 0 Å². The zero-order valence-corrected chi connectivity index (χ0v) is 14.2. The first-order valence-electron chi connectivity index (χ1n) is 7.03. The van der Waals surface area contributed by atoms with Crippen LogP contribution >= 0.6 is 27.5 Å². The predicted octanol–water partition coefficient (Wildman–Crippen LogP) is 5.53. The number of nitrogens with one attached hydrogen (secondary N) is 1. The Morgan fingerprint density at radius 3 is 2.71 bits per heavy atom. The van der Waals surface area contributed by atoms with E-state index >= 15 is 0 Å². The number of halogens is 3. The van der Waals surface area contributed by atoms with Crippen molar-refractivity contribution in [3.05, 3.63) is 68.9 Å². The molecule has 1 nitrogen and oxygen atoms in total. The van der Waals surface area contributed by atoms with Crippen molar-refractivity contribution in [3.63, 3.8) is 0 Å². The van der Waals surface area contributed by atoms with E-state index in [9.17, 15) is 4.39 Å². The fourth-order valence-electron chi connectivity index (χ4n) is 2.26. The summed E-state index contributed by atoms with van der Waals surface area (Å²) in [4.78, 5) is 0. The number of hydrogen-bond acceptors (Lipinski definition) is 1. The minimum Gasteiger partial charge on any atom is -0.310 e. The summed E-state index contributed by atoms with van der Waals surface area (Å²) in [5.41, 5.74) is 2.12. The summed E-state index contributed by atoms with van der Waals surface area (Å²) in [5.74, 6) is -0.369. The smallest absolute Gasteiger partial charge is 0.142 e. The van der Waals surface area contributed by atoms with Gasteiger partial charge in [-0.15, -0.1) is 0 Å². The molecule has 2 aromatic carbocycles. The fourth-order valence-corrected chi connectivity index (χ4v) is 2.82. The Kier molecular flexibility index (Phi) is 6.22. The van der Waals surface area contributed by atoms with E-state index in [0.29, 0.717) is 0 Å². The standard InChI is InChI=1S/C17H18BrClFN/c1-2-8-21-17(10-12-4-3-5-14(18)9-12)13-6-7-15(19)16(20)11-13/h3-7,9,11,17,21H,2,8,10H2,1H3. The largest absolute Gasteiger partial charge is 0.310 e. The van der Waals surface area contributed by atoms with Gasteiger partial charge in [-0.25, -0.2) is 4.39 Å². The van der Waals surface area contributed by atoms with E-state index in [1.807, 2.05) is 18.2 Å². The van der Waals surface area contributed by atoms with Crippen molar-refractivity contribution in [2.75, 3.05) is 6.54 Å². The Bertz CT molecular complexity index is 603. The average Bonchev–Trinajstić information content (AvgIpc) is 2.46. The van der Waals surface area contributed by atoms with Gasteiger partial charge in [-0.3, -0.25) is 0 Å². The molecule has 2 aromatic rings. The van der Waals surface area contributed by atoms with Crippen LogP contribution in [0.2, 0.25) is 5.02 Å². The molecule has 0 amide bonds. The maximum absolute atomic E-state index is 13.7. The monoisotopic (exact) mass is 369 g/mol. The van der Waals surface area contributed by atoms with Crippen LogP contribution in [0.15, 0.2) is 46.9 Å². The maximum Gasteiger partial charge on any atom is 0.142 e. The topological polar surface area (TPSA) is 12.0 Å². The molecule has 0 saturated heterocycles. The third-order valence-electron chi connectivity index (χ3n) is 3.32. The van der Waals surface area contributed by atoms with E-state index in [0.717, 1.165) is 29.4 Å². The third-order valence-corrected chi connectivity index (χ3v) is 4.12. The highest BCUT2D eigenvalue weighted by Gasteiger charge is 2.13. The SMILES string of the molecule is CCCNC(Cc1cccc(Br)c1)c1ccc(Cl)c(F)c1. The van der Waals surface area contributed by atoms with Crippen LogP contribution in [-0.2, 0) is 6.42 Å². The molecule has 0 spiro atoms. The average molecular weight is 371 g/mol.